The van der Waals surface area contributed by atoms with Gasteiger partial charge in [0.1, 0.15) is 11.7 Å². The van der Waals surface area contributed by atoms with Gasteiger partial charge in [-0.1, -0.05) is 52.0 Å². The number of ether oxygens (including phenoxy) is 4. The number of hydrogen-bond acceptors (Lipinski definition) is 9. The van der Waals surface area contributed by atoms with E-state index in [1.165, 1.54) is 0 Å². The number of carbonyl (C=O) groups is 2. The van der Waals surface area contributed by atoms with E-state index in [4.69, 9.17) is 18.9 Å². The summed E-state index contributed by atoms with van der Waals surface area (Å²) in [6, 6.07) is 0. The Kier molecular flexibility index (Phi) is 15.4. The number of epoxide rings is 1. The van der Waals surface area contributed by atoms with Crippen LogP contribution in [0.25, 0.3) is 0 Å². The maximum atomic E-state index is 13.1. The largest absolute Gasteiger partial charge is 0.457 e. The summed E-state index contributed by atoms with van der Waals surface area (Å²) >= 11 is 0. The first-order valence-electron chi connectivity index (χ1n) is 16.8. The van der Waals surface area contributed by atoms with Crippen LogP contribution in [0.2, 0.25) is 0 Å². The molecule has 2 aliphatic rings. The second-order valence-corrected chi connectivity index (χ2v) is 14.4. The average molecular weight is 651 g/mol. The van der Waals surface area contributed by atoms with E-state index in [1.54, 1.807) is 38.1 Å². The van der Waals surface area contributed by atoms with E-state index >= 15 is 0 Å². The molecule has 264 valence electrons. The van der Waals surface area contributed by atoms with Gasteiger partial charge in [0.25, 0.3) is 0 Å². The van der Waals surface area contributed by atoms with Crippen molar-refractivity contribution in [3.63, 3.8) is 0 Å². The lowest BCUT2D eigenvalue weighted by atomic mass is 9.86. The number of nitrogens with zero attached hydrogens (tertiary/aromatic N) is 2. The summed E-state index contributed by atoms with van der Waals surface area (Å²) in [5, 5.41) is 21.2. The van der Waals surface area contributed by atoms with Gasteiger partial charge in [-0.15, -0.1) is 0 Å². The quantitative estimate of drug-likeness (QED) is 0.121. The van der Waals surface area contributed by atoms with Gasteiger partial charge in [-0.2, -0.15) is 0 Å². The molecule has 0 spiro atoms. The number of amides is 1. The highest BCUT2D eigenvalue weighted by molar-refractivity contribution is 5.70. The van der Waals surface area contributed by atoms with Crippen molar-refractivity contribution in [2.24, 2.45) is 17.8 Å². The molecule has 0 saturated carbocycles. The van der Waals surface area contributed by atoms with Crippen LogP contribution >= 0.6 is 0 Å². The number of hydrogen-bond donors (Lipinski definition) is 2. The van der Waals surface area contributed by atoms with Crippen LogP contribution in [0.15, 0.2) is 36.0 Å². The maximum Gasteiger partial charge on any atom is 0.410 e. The molecule has 10 nitrogen and oxygen atoms in total. The summed E-state index contributed by atoms with van der Waals surface area (Å²) in [5.74, 6) is -0.468. The molecule has 46 heavy (non-hydrogen) atoms. The van der Waals surface area contributed by atoms with E-state index in [-0.39, 0.29) is 42.4 Å². The number of carbonyl (C=O) groups excluding carboxylic acids is 2. The van der Waals surface area contributed by atoms with Crippen LogP contribution < -0.4 is 0 Å². The van der Waals surface area contributed by atoms with Crippen LogP contribution in [0.1, 0.15) is 80.6 Å². The number of esters is 1. The molecule has 1 fully saturated rings. The van der Waals surface area contributed by atoms with Crippen molar-refractivity contribution in [2.45, 2.75) is 122 Å². The standard InChI is InChI=1S/C36H62N2O8/c1-12-28(39)27(5)33-29(44-33)23-35(6,42)18-13-14-25(3)32-26(4)15-16-30(45-34(41)38(10)21-20-37(8)9)36(7,43-11)19-17-24(2)22-31(40)46-32/h13-16,18,24,26-30,32-33,39,42H,12,17,19-23H2,1-11H3/b16-15+,18-13+,25-14+/t24?,26?,27?,28?,29?,30-,32+,33?,35?,36?/m0/s1. The van der Waals surface area contributed by atoms with Crippen LogP contribution in [0.4, 0.5) is 4.79 Å². The number of aliphatic hydroxyl groups is 2. The number of methoxy groups -OCH3 is 1. The predicted molar refractivity (Wildman–Crippen MR) is 180 cm³/mol. The van der Waals surface area contributed by atoms with Crippen molar-refractivity contribution in [1.82, 2.24) is 9.80 Å². The second-order valence-electron chi connectivity index (χ2n) is 14.4. The molecule has 0 radical (unpaired) electrons. The predicted octanol–water partition coefficient (Wildman–Crippen LogP) is 5.13. The number of allylic oxidation sites excluding steroid dienone is 2. The number of likely N-dealkylation sites (N-methyl/N-ethyl adjacent to an activating group) is 2. The molecule has 0 bridgehead atoms. The van der Waals surface area contributed by atoms with Gasteiger partial charge >= 0.3 is 12.1 Å². The Morgan fingerprint density at radius 3 is 2.52 bits per heavy atom. The first kappa shape index (κ1) is 39.9. The van der Waals surface area contributed by atoms with E-state index in [0.29, 0.717) is 38.8 Å². The molecule has 0 aromatic carbocycles. The first-order valence-corrected chi connectivity index (χ1v) is 16.8. The summed E-state index contributed by atoms with van der Waals surface area (Å²) in [6.07, 6.45) is 9.53. The van der Waals surface area contributed by atoms with Gasteiger partial charge in [0.05, 0.1) is 23.9 Å². The zero-order valence-electron chi connectivity index (χ0n) is 30.2. The fourth-order valence-electron chi connectivity index (χ4n) is 5.82. The molecule has 2 aliphatic heterocycles. The Balaban J connectivity index is 2.26. The Labute approximate surface area is 277 Å². The van der Waals surface area contributed by atoms with Crippen molar-refractivity contribution in [3.05, 3.63) is 36.0 Å². The van der Waals surface area contributed by atoms with E-state index in [1.807, 2.05) is 78.8 Å². The highest BCUT2D eigenvalue weighted by Crippen LogP contribution is 2.37. The minimum Gasteiger partial charge on any atom is -0.457 e. The van der Waals surface area contributed by atoms with Crippen molar-refractivity contribution < 1.29 is 38.7 Å². The topological polar surface area (TPSA) is 121 Å². The van der Waals surface area contributed by atoms with E-state index in [0.717, 1.165) is 5.57 Å². The van der Waals surface area contributed by atoms with Gasteiger partial charge in [0.15, 0.2) is 6.10 Å². The Bertz CT molecular complexity index is 1070. The third-order valence-electron chi connectivity index (χ3n) is 9.51. The molecule has 1 amide bonds. The highest BCUT2D eigenvalue weighted by Gasteiger charge is 2.47. The van der Waals surface area contributed by atoms with Gasteiger partial charge in [0.2, 0.25) is 0 Å². The summed E-state index contributed by atoms with van der Waals surface area (Å²) < 4.78 is 23.8. The van der Waals surface area contributed by atoms with Crippen molar-refractivity contribution in [1.29, 1.82) is 0 Å². The van der Waals surface area contributed by atoms with Gasteiger partial charge in [-0.25, -0.2) is 4.79 Å². The Morgan fingerprint density at radius 2 is 1.91 bits per heavy atom. The van der Waals surface area contributed by atoms with Crippen LogP contribution in [0.3, 0.4) is 0 Å². The lowest BCUT2D eigenvalue weighted by Crippen LogP contribution is -2.46. The molecule has 0 aromatic rings. The van der Waals surface area contributed by atoms with Crippen LogP contribution in [-0.4, -0.2) is 115 Å². The molecular weight excluding hydrogens is 588 g/mol. The SMILES string of the molecule is CCC(O)C(C)C1OC1CC(C)(O)/C=C/C=C(\C)[C@H]1OC(=O)CC(C)CCC(C)(OC)[C@@H](OC(=O)N(C)CCN(C)C)/C=C/C1C. The minimum atomic E-state index is -1.11. The fraction of sp³-hybridized carbons (Fsp3) is 0.778. The molecule has 0 aliphatic carbocycles. The average Bonchev–Trinajstić information content (AvgIpc) is 3.75. The van der Waals surface area contributed by atoms with Gasteiger partial charge in [-0.05, 0) is 71.7 Å². The second kappa shape index (κ2) is 17.8. The van der Waals surface area contributed by atoms with E-state index in [2.05, 4.69) is 0 Å². The number of cyclic esters (lactones) is 1. The van der Waals surface area contributed by atoms with Crippen molar-refractivity contribution >= 4 is 12.1 Å². The molecule has 0 aromatic heterocycles. The normalized spacial score (nSPS) is 32.9. The third-order valence-corrected chi connectivity index (χ3v) is 9.51. The molecule has 2 heterocycles. The summed E-state index contributed by atoms with van der Waals surface area (Å²) in [6.45, 7) is 14.7. The summed E-state index contributed by atoms with van der Waals surface area (Å²) in [5.41, 5.74) is -1.09. The third kappa shape index (κ3) is 12.4. The number of aliphatic hydroxyl groups excluding tert-OH is 1. The molecule has 8 unspecified atom stereocenters. The first-order chi connectivity index (χ1) is 21.4. The molecular formula is C36H62N2O8. The molecule has 1 saturated heterocycles. The maximum absolute atomic E-state index is 13.1. The molecule has 10 atom stereocenters. The van der Waals surface area contributed by atoms with Gasteiger partial charge in [0, 0.05) is 51.9 Å². The molecule has 2 N–H and O–H groups in total. The van der Waals surface area contributed by atoms with Crippen molar-refractivity contribution in [2.75, 3.05) is 41.3 Å². The Morgan fingerprint density at radius 1 is 1.24 bits per heavy atom. The zero-order valence-corrected chi connectivity index (χ0v) is 30.2. The molecule has 2 rings (SSSR count). The monoisotopic (exact) mass is 650 g/mol. The smallest absolute Gasteiger partial charge is 0.410 e. The summed E-state index contributed by atoms with van der Waals surface area (Å²) in [7, 11) is 7.26. The Hall–Kier alpha value is -2.24. The summed E-state index contributed by atoms with van der Waals surface area (Å²) in [4.78, 5) is 29.7. The van der Waals surface area contributed by atoms with Crippen molar-refractivity contribution in [3.8, 4) is 0 Å². The fourth-order valence-corrected chi connectivity index (χ4v) is 5.82. The lowest BCUT2D eigenvalue weighted by molar-refractivity contribution is -0.150. The minimum absolute atomic E-state index is 0.0128. The van der Waals surface area contributed by atoms with Crippen LogP contribution in [-0.2, 0) is 23.7 Å². The van der Waals surface area contributed by atoms with E-state index in [9.17, 15) is 19.8 Å². The van der Waals surface area contributed by atoms with E-state index < -0.39 is 35.6 Å². The van der Waals surface area contributed by atoms with Gasteiger partial charge < -0.3 is 39.0 Å². The number of rotatable bonds is 13. The highest BCUT2D eigenvalue weighted by atomic mass is 16.6. The van der Waals surface area contributed by atoms with Crippen LogP contribution in [0.5, 0.6) is 0 Å². The molecule has 10 heteroatoms. The van der Waals surface area contributed by atoms with Gasteiger partial charge in [-0.3, -0.25) is 4.79 Å². The van der Waals surface area contributed by atoms with Crippen LogP contribution in [0, 0.1) is 17.8 Å². The zero-order chi connectivity index (χ0) is 34.8. The lowest BCUT2D eigenvalue weighted by Gasteiger charge is -2.36.